The Labute approximate surface area is 134 Å². The Hall–Kier alpha value is -2.10. The fourth-order valence-electron chi connectivity index (χ4n) is 2.53. The van der Waals surface area contributed by atoms with Crippen LogP contribution < -0.4 is 4.74 Å². The van der Waals surface area contributed by atoms with Crippen LogP contribution in [-0.2, 0) is 0 Å². The molecule has 3 nitrogen and oxygen atoms in total. The fraction of sp³-hybridized carbons (Fsp3) is 0.167. The summed E-state index contributed by atoms with van der Waals surface area (Å²) < 4.78 is 5.35. The average molecular weight is 314 g/mol. The molecule has 112 valence electrons. The van der Waals surface area contributed by atoms with Crippen LogP contribution in [0.5, 0.6) is 5.88 Å². The second kappa shape index (κ2) is 5.95. The summed E-state index contributed by atoms with van der Waals surface area (Å²) in [6.07, 6.45) is -0.800. The Kier molecular flexibility index (Phi) is 4.01. The highest BCUT2D eigenvalue weighted by Gasteiger charge is 2.18. The zero-order valence-corrected chi connectivity index (χ0v) is 13.1. The minimum atomic E-state index is -0.800. The van der Waals surface area contributed by atoms with E-state index in [1.54, 1.807) is 13.2 Å². The Morgan fingerprint density at radius 1 is 1.14 bits per heavy atom. The normalized spacial score (nSPS) is 12.4. The summed E-state index contributed by atoms with van der Waals surface area (Å²) in [5.74, 6) is 0.420. The first-order chi connectivity index (χ1) is 10.6. The number of hydrogen-bond donors (Lipinski definition) is 1. The van der Waals surface area contributed by atoms with E-state index >= 15 is 0 Å². The van der Waals surface area contributed by atoms with Crippen LogP contribution in [0.2, 0.25) is 5.02 Å². The molecule has 1 unspecified atom stereocenters. The van der Waals surface area contributed by atoms with Crippen molar-refractivity contribution in [2.75, 3.05) is 7.11 Å². The maximum absolute atomic E-state index is 10.7. The van der Waals surface area contributed by atoms with Crippen molar-refractivity contribution in [2.45, 2.75) is 13.0 Å². The smallest absolute Gasteiger partial charge is 0.219 e. The molecule has 1 aromatic heterocycles. The number of hydrogen-bond acceptors (Lipinski definition) is 3. The Balaban J connectivity index is 2.15. The number of halogens is 1. The van der Waals surface area contributed by atoms with E-state index in [1.807, 2.05) is 49.4 Å². The summed E-state index contributed by atoms with van der Waals surface area (Å²) in [6.45, 7) is 1.99. The first-order valence-corrected chi connectivity index (χ1v) is 7.35. The van der Waals surface area contributed by atoms with Crippen LogP contribution in [0, 0.1) is 6.92 Å². The van der Waals surface area contributed by atoms with Crippen molar-refractivity contribution in [2.24, 2.45) is 0 Å². The van der Waals surface area contributed by atoms with E-state index in [0.717, 1.165) is 22.0 Å². The number of aromatic nitrogens is 1. The third-order valence-corrected chi connectivity index (χ3v) is 3.85. The molecular formula is C18H16ClNO2. The summed E-state index contributed by atoms with van der Waals surface area (Å²) in [4.78, 5) is 4.46. The van der Waals surface area contributed by atoms with Gasteiger partial charge in [0.15, 0.2) is 0 Å². The molecule has 22 heavy (non-hydrogen) atoms. The number of rotatable bonds is 3. The molecule has 1 heterocycles. The van der Waals surface area contributed by atoms with Crippen molar-refractivity contribution in [3.05, 3.63) is 70.2 Å². The van der Waals surface area contributed by atoms with Crippen molar-refractivity contribution >= 4 is 22.5 Å². The van der Waals surface area contributed by atoms with Crippen molar-refractivity contribution in [1.29, 1.82) is 0 Å². The SMILES string of the molecule is COc1nc2ccc(Cl)cc2cc1C(O)c1cccc(C)c1. The molecule has 2 aromatic carbocycles. The summed E-state index contributed by atoms with van der Waals surface area (Å²) in [7, 11) is 1.55. The van der Waals surface area contributed by atoms with Crippen molar-refractivity contribution in [3.63, 3.8) is 0 Å². The summed E-state index contributed by atoms with van der Waals surface area (Å²) in [5.41, 5.74) is 3.30. The molecule has 0 aliphatic carbocycles. The molecule has 0 saturated carbocycles. The molecule has 0 bridgehead atoms. The van der Waals surface area contributed by atoms with Crippen LogP contribution in [0.1, 0.15) is 22.8 Å². The predicted molar refractivity (Wildman–Crippen MR) is 88.5 cm³/mol. The van der Waals surface area contributed by atoms with Crippen molar-refractivity contribution in [1.82, 2.24) is 4.98 Å². The maximum Gasteiger partial charge on any atom is 0.219 e. The molecule has 1 N–H and O–H groups in total. The molecule has 0 spiro atoms. The topological polar surface area (TPSA) is 42.4 Å². The number of methoxy groups -OCH3 is 1. The number of ether oxygens (including phenoxy) is 1. The minimum Gasteiger partial charge on any atom is -0.481 e. The molecule has 1 atom stereocenters. The number of fused-ring (bicyclic) bond motifs is 1. The lowest BCUT2D eigenvalue weighted by Gasteiger charge is -2.16. The van der Waals surface area contributed by atoms with Gasteiger partial charge in [-0.25, -0.2) is 4.98 Å². The van der Waals surface area contributed by atoms with E-state index in [0.29, 0.717) is 16.5 Å². The molecule has 0 aliphatic rings. The van der Waals surface area contributed by atoms with E-state index in [2.05, 4.69) is 4.98 Å². The van der Waals surface area contributed by atoms with Crippen LogP contribution in [0.3, 0.4) is 0 Å². The number of benzene rings is 2. The minimum absolute atomic E-state index is 0.420. The van der Waals surface area contributed by atoms with Gasteiger partial charge in [-0.1, -0.05) is 41.4 Å². The van der Waals surface area contributed by atoms with Gasteiger partial charge in [0.1, 0.15) is 6.10 Å². The number of nitrogens with zero attached hydrogens (tertiary/aromatic N) is 1. The summed E-state index contributed by atoms with van der Waals surface area (Å²) >= 11 is 6.04. The molecule has 0 fully saturated rings. The van der Waals surface area contributed by atoms with E-state index in [9.17, 15) is 5.11 Å². The van der Waals surface area contributed by atoms with Crippen LogP contribution >= 0.6 is 11.6 Å². The molecule has 0 aliphatic heterocycles. The van der Waals surface area contributed by atoms with Gasteiger partial charge in [-0.2, -0.15) is 0 Å². The molecule has 0 amide bonds. The van der Waals surface area contributed by atoms with Gasteiger partial charge < -0.3 is 9.84 Å². The molecule has 3 rings (SSSR count). The number of aliphatic hydroxyl groups is 1. The zero-order valence-electron chi connectivity index (χ0n) is 12.4. The van der Waals surface area contributed by atoms with Crippen LogP contribution in [0.4, 0.5) is 0 Å². The quantitative estimate of drug-likeness (QED) is 0.784. The van der Waals surface area contributed by atoms with Crippen LogP contribution in [0.25, 0.3) is 10.9 Å². The summed E-state index contributed by atoms with van der Waals surface area (Å²) in [6, 6.07) is 15.1. The van der Waals surface area contributed by atoms with Gasteiger partial charge in [0.2, 0.25) is 5.88 Å². The standard InChI is InChI=1S/C18H16ClNO2/c1-11-4-3-5-12(8-11)17(21)15-10-13-9-14(19)6-7-16(13)20-18(15)22-2/h3-10,17,21H,1-2H3. The zero-order chi connectivity index (χ0) is 15.7. The lowest BCUT2D eigenvalue weighted by atomic mass is 9.99. The lowest BCUT2D eigenvalue weighted by molar-refractivity contribution is 0.213. The predicted octanol–water partition coefficient (Wildman–Crippen LogP) is 4.29. The fourth-order valence-corrected chi connectivity index (χ4v) is 2.71. The summed E-state index contributed by atoms with van der Waals surface area (Å²) in [5, 5.41) is 12.2. The van der Waals surface area contributed by atoms with Gasteiger partial charge in [-0.05, 0) is 36.8 Å². The second-order valence-electron chi connectivity index (χ2n) is 5.24. The molecule has 0 saturated heterocycles. The van der Waals surface area contributed by atoms with E-state index in [1.165, 1.54) is 0 Å². The van der Waals surface area contributed by atoms with E-state index < -0.39 is 6.10 Å². The maximum atomic E-state index is 10.7. The van der Waals surface area contributed by atoms with Gasteiger partial charge in [-0.3, -0.25) is 0 Å². The first-order valence-electron chi connectivity index (χ1n) is 6.97. The van der Waals surface area contributed by atoms with Gasteiger partial charge in [0, 0.05) is 16.0 Å². The van der Waals surface area contributed by atoms with Gasteiger partial charge in [0.05, 0.1) is 12.6 Å². The Bertz CT molecular complexity index is 832. The van der Waals surface area contributed by atoms with Crippen molar-refractivity contribution in [3.8, 4) is 5.88 Å². The Morgan fingerprint density at radius 2 is 1.95 bits per heavy atom. The number of pyridine rings is 1. The van der Waals surface area contributed by atoms with Gasteiger partial charge >= 0.3 is 0 Å². The third-order valence-electron chi connectivity index (χ3n) is 3.62. The van der Waals surface area contributed by atoms with Crippen LogP contribution in [-0.4, -0.2) is 17.2 Å². The second-order valence-corrected chi connectivity index (χ2v) is 5.68. The molecule has 0 radical (unpaired) electrons. The Morgan fingerprint density at radius 3 is 2.68 bits per heavy atom. The molecule has 4 heteroatoms. The van der Waals surface area contributed by atoms with E-state index in [4.69, 9.17) is 16.3 Å². The highest BCUT2D eigenvalue weighted by molar-refractivity contribution is 6.31. The van der Waals surface area contributed by atoms with Gasteiger partial charge in [-0.15, -0.1) is 0 Å². The average Bonchev–Trinajstić information content (AvgIpc) is 2.52. The van der Waals surface area contributed by atoms with Gasteiger partial charge in [0.25, 0.3) is 0 Å². The first kappa shape index (κ1) is 14.8. The van der Waals surface area contributed by atoms with Crippen molar-refractivity contribution < 1.29 is 9.84 Å². The molecule has 3 aromatic rings. The highest BCUT2D eigenvalue weighted by Crippen LogP contribution is 2.32. The van der Waals surface area contributed by atoms with E-state index in [-0.39, 0.29) is 0 Å². The van der Waals surface area contributed by atoms with Crippen LogP contribution in [0.15, 0.2) is 48.5 Å². The largest absolute Gasteiger partial charge is 0.481 e. The monoisotopic (exact) mass is 313 g/mol. The number of aryl methyl sites for hydroxylation is 1. The molecular weight excluding hydrogens is 298 g/mol. The highest BCUT2D eigenvalue weighted by atomic mass is 35.5. The lowest BCUT2D eigenvalue weighted by Crippen LogP contribution is -2.04. The third kappa shape index (κ3) is 2.78. The number of aliphatic hydroxyl groups excluding tert-OH is 1.